The first-order valence-corrected chi connectivity index (χ1v) is 6.92. The number of benzene rings is 2. The van der Waals surface area contributed by atoms with Crippen molar-refractivity contribution in [2.24, 2.45) is 4.99 Å². The number of guanidine groups is 1. The first kappa shape index (κ1) is 15.0. The topological polar surface area (TPSA) is 36.4 Å². The van der Waals surface area contributed by atoms with Gasteiger partial charge in [-0.1, -0.05) is 36.4 Å². The number of nitrogens with zero attached hydrogens (tertiary/aromatic N) is 1. The number of halogens is 1. The van der Waals surface area contributed by atoms with E-state index in [9.17, 15) is 4.39 Å². The molecule has 0 aliphatic carbocycles. The van der Waals surface area contributed by atoms with Crippen LogP contribution in [0.1, 0.15) is 16.7 Å². The van der Waals surface area contributed by atoms with Crippen LogP contribution in [0.3, 0.4) is 0 Å². The van der Waals surface area contributed by atoms with E-state index in [4.69, 9.17) is 0 Å². The molecule has 0 amide bonds. The number of nitrogens with one attached hydrogen (secondary N) is 2. The number of hydrogen-bond donors (Lipinski definition) is 2. The summed E-state index contributed by atoms with van der Waals surface area (Å²) in [6.45, 7) is 3.32. The molecule has 0 bridgehead atoms. The summed E-state index contributed by atoms with van der Waals surface area (Å²) in [5, 5.41) is 6.43. The van der Waals surface area contributed by atoms with Crippen LogP contribution in [-0.4, -0.2) is 13.0 Å². The van der Waals surface area contributed by atoms with Crippen molar-refractivity contribution in [2.45, 2.75) is 20.0 Å². The van der Waals surface area contributed by atoms with Crippen LogP contribution in [0.2, 0.25) is 0 Å². The second kappa shape index (κ2) is 7.43. The predicted molar refractivity (Wildman–Crippen MR) is 84.6 cm³/mol. The smallest absolute Gasteiger partial charge is 0.191 e. The molecule has 4 heteroatoms. The molecule has 2 aromatic rings. The lowest BCUT2D eigenvalue weighted by atomic mass is 10.1. The van der Waals surface area contributed by atoms with E-state index in [1.807, 2.05) is 18.2 Å². The minimum absolute atomic E-state index is 0.225. The van der Waals surface area contributed by atoms with Crippen molar-refractivity contribution in [3.63, 3.8) is 0 Å². The fourth-order valence-electron chi connectivity index (χ4n) is 2.04. The van der Waals surface area contributed by atoms with Gasteiger partial charge in [-0.3, -0.25) is 4.99 Å². The molecule has 0 aliphatic rings. The zero-order valence-electron chi connectivity index (χ0n) is 12.4. The number of aliphatic imine (C=N–C) groups is 1. The van der Waals surface area contributed by atoms with E-state index in [2.05, 4.69) is 34.7 Å². The lowest BCUT2D eigenvalue weighted by molar-refractivity contribution is 0.624. The van der Waals surface area contributed by atoms with Gasteiger partial charge in [0.05, 0.1) is 0 Å². The minimum atomic E-state index is -0.225. The standard InChI is InChI=1S/C17H20FN3/c1-13-6-3-4-8-15(13)12-21-17(19-2)20-11-14-7-5-9-16(18)10-14/h3-10H,11-12H2,1-2H3,(H2,19,20,21). The summed E-state index contributed by atoms with van der Waals surface area (Å²) >= 11 is 0. The van der Waals surface area contributed by atoms with E-state index < -0.39 is 0 Å². The fraction of sp³-hybridized carbons (Fsp3) is 0.235. The molecule has 0 atom stereocenters. The summed E-state index contributed by atoms with van der Waals surface area (Å²) in [5.74, 6) is 0.472. The molecule has 0 spiro atoms. The van der Waals surface area contributed by atoms with Crippen LogP contribution in [0, 0.1) is 12.7 Å². The lowest BCUT2D eigenvalue weighted by Gasteiger charge is -2.13. The van der Waals surface area contributed by atoms with Gasteiger partial charge in [0, 0.05) is 20.1 Å². The van der Waals surface area contributed by atoms with Crippen molar-refractivity contribution >= 4 is 5.96 Å². The SMILES string of the molecule is CN=C(NCc1cccc(F)c1)NCc1ccccc1C. The van der Waals surface area contributed by atoms with E-state index in [1.165, 1.54) is 23.3 Å². The van der Waals surface area contributed by atoms with Gasteiger partial charge in [-0.2, -0.15) is 0 Å². The van der Waals surface area contributed by atoms with Gasteiger partial charge in [0.2, 0.25) is 0 Å². The monoisotopic (exact) mass is 285 g/mol. The molecule has 0 saturated heterocycles. The number of hydrogen-bond acceptors (Lipinski definition) is 1. The Labute approximate surface area is 124 Å². The number of rotatable bonds is 4. The molecule has 0 heterocycles. The van der Waals surface area contributed by atoms with Gasteiger partial charge >= 0.3 is 0 Å². The van der Waals surface area contributed by atoms with Gasteiger partial charge in [-0.05, 0) is 35.7 Å². The van der Waals surface area contributed by atoms with Crippen LogP contribution >= 0.6 is 0 Å². The van der Waals surface area contributed by atoms with Gasteiger partial charge in [0.1, 0.15) is 5.82 Å². The second-order valence-electron chi connectivity index (χ2n) is 4.84. The van der Waals surface area contributed by atoms with E-state index in [1.54, 1.807) is 13.1 Å². The maximum absolute atomic E-state index is 13.1. The van der Waals surface area contributed by atoms with Gasteiger partial charge in [-0.15, -0.1) is 0 Å². The van der Waals surface area contributed by atoms with E-state index in [0.717, 1.165) is 5.56 Å². The Hall–Kier alpha value is -2.36. The molecule has 2 N–H and O–H groups in total. The molecule has 21 heavy (non-hydrogen) atoms. The Bertz CT molecular complexity index is 623. The van der Waals surface area contributed by atoms with Gasteiger partial charge in [0.15, 0.2) is 5.96 Å². The third-order valence-corrected chi connectivity index (χ3v) is 3.28. The Balaban J connectivity index is 1.88. The molecule has 0 saturated carbocycles. The fourth-order valence-corrected chi connectivity index (χ4v) is 2.04. The summed E-state index contributed by atoms with van der Waals surface area (Å²) in [6.07, 6.45) is 0. The number of aryl methyl sites for hydroxylation is 1. The van der Waals surface area contributed by atoms with Gasteiger partial charge in [-0.25, -0.2) is 4.39 Å². The zero-order chi connectivity index (χ0) is 15.1. The van der Waals surface area contributed by atoms with E-state index in [0.29, 0.717) is 19.0 Å². The van der Waals surface area contributed by atoms with Gasteiger partial charge in [0.25, 0.3) is 0 Å². The van der Waals surface area contributed by atoms with Crippen molar-refractivity contribution in [1.29, 1.82) is 0 Å². The predicted octanol–water partition coefficient (Wildman–Crippen LogP) is 3.00. The molecule has 3 nitrogen and oxygen atoms in total. The average Bonchev–Trinajstić information content (AvgIpc) is 2.49. The van der Waals surface area contributed by atoms with Crippen molar-refractivity contribution in [3.05, 3.63) is 71.0 Å². The molecule has 0 unspecified atom stereocenters. The molecule has 0 fully saturated rings. The van der Waals surface area contributed by atoms with Gasteiger partial charge < -0.3 is 10.6 Å². The zero-order valence-corrected chi connectivity index (χ0v) is 12.4. The Morgan fingerprint density at radius 2 is 1.81 bits per heavy atom. The molecule has 110 valence electrons. The first-order chi connectivity index (χ1) is 10.2. The van der Waals surface area contributed by atoms with E-state index in [-0.39, 0.29) is 5.82 Å². The lowest BCUT2D eigenvalue weighted by Crippen LogP contribution is -2.36. The molecule has 0 aliphatic heterocycles. The average molecular weight is 285 g/mol. The normalized spacial score (nSPS) is 11.3. The molecule has 0 radical (unpaired) electrons. The third-order valence-electron chi connectivity index (χ3n) is 3.28. The largest absolute Gasteiger partial charge is 0.352 e. The van der Waals surface area contributed by atoms with Crippen LogP contribution in [0.5, 0.6) is 0 Å². The molecule has 2 rings (SSSR count). The van der Waals surface area contributed by atoms with Crippen LogP contribution in [-0.2, 0) is 13.1 Å². The maximum Gasteiger partial charge on any atom is 0.191 e. The highest BCUT2D eigenvalue weighted by Gasteiger charge is 2.01. The highest BCUT2D eigenvalue weighted by Crippen LogP contribution is 2.06. The third kappa shape index (κ3) is 4.60. The molecular formula is C17H20FN3. The second-order valence-corrected chi connectivity index (χ2v) is 4.84. The van der Waals surface area contributed by atoms with Crippen molar-refractivity contribution in [2.75, 3.05) is 7.05 Å². The first-order valence-electron chi connectivity index (χ1n) is 6.92. The minimum Gasteiger partial charge on any atom is -0.352 e. The summed E-state index contributed by atoms with van der Waals surface area (Å²) in [5.41, 5.74) is 3.35. The summed E-state index contributed by atoms with van der Waals surface area (Å²) in [4.78, 5) is 4.17. The Morgan fingerprint density at radius 3 is 2.52 bits per heavy atom. The summed E-state index contributed by atoms with van der Waals surface area (Å²) in [7, 11) is 1.72. The maximum atomic E-state index is 13.1. The van der Waals surface area contributed by atoms with Crippen LogP contribution in [0.4, 0.5) is 4.39 Å². The van der Waals surface area contributed by atoms with Crippen molar-refractivity contribution < 1.29 is 4.39 Å². The summed E-state index contributed by atoms with van der Waals surface area (Å²) < 4.78 is 13.1. The molecule has 2 aromatic carbocycles. The van der Waals surface area contributed by atoms with Crippen molar-refractivity contribution in [3.8, 4) is 0 Å². The Morgan fingerprint density at radius 1 is 1.05 bits per heavy atom. The molecule has 0 aromatic heterocycles. The van der Waals surface area contributed by atoms with Crippen LogP contribution in [0.25, 0.3) is 0 Å². The van der Waals surface area contributed by atoms with E-state index >= 15 is 0 Å². The quantitative estimate of drug-likeness (QED) is 0.669. The van der Waals surface area contributed by atoms with Crippen LogP contribution in [0.15, 0.2) is 53.5 Å². The van der Waals surface area contributed by atoms with Crippen molar-refractivity contribution in [1.82, 2.24) is 10.6 Å². The molecular weight excluding hydrogens is 265 g/mol. The summed E-state index contributed by atoms with van der Waals surface area (Å²) in [6, 6.07) is 14.8. The van der Waals surface area contributed by atoms with Crippen LogP contribution < -0.4 is 10.6 Å². The highest BCUT2D eigenvalue weighted by atomic mass is 19.1. The highest BCUT2D eigenvalue weighted by molar-refractivity contribution is 5.79. The Kier molecular flexibility index (Phi) is 5.32.